The summed E-state index contributed by atoms with van der Waals surface area (Å²) in [7, 11) is 0. The number of piperidine rings is 1. The molecule has 2 rings (SSSR count). The van der Waals surface area contributed by atoms with Crippen molar-refractivity contribution in [2.45, 2.75) is 51.5 Å². The van der Waals surface area contributed by atoms with Crippen molar-refractivity contribution in [3.63, 3.8) is 0 Å². The summed E-state index contributed by atoms with van der Waals surface area (Å²) in [5, 5.41) is 0. The average molecular weight is 342 g/mol. The van der Waals surface area contributed by atoms with Crippen LogP contribution in [0.3, 0.4) is 0 Å². The average Bonchev–Trinajstić information content (AvgIpc) is 2.65. The normalized spacial score (nSPS) is 17.4. The molecule has 1 aliphatic rings. The van der Waals surface area contributed by atoms with E-state index >= 15 is 0 Å². The Bertz CT molecular complexity index is 575. The van der Waals surface area contributed by atoms with E-state index < -0.39 is 6.04 Å². The number of amides is 1. The largest absolute Gasteiger partial charge is 0.339 e. The van der Waals surface area contributed by atoms with Gasteiger partial charge in [0.15, 0.2) is 0 Å². The summed E-state index contributed by atoms with van der Waals surface area (Å²) in [6.07, 6.45) is 9.08. The van der Waals surface area contributed by atoms with E-state index in [4.69, 9.17) is 5.73 Å². The minimum Gasteiger partial charge on any atom is -0.339 e. The van der Waals surface area contributed by atoms with Crippen molar-refractivity contribution in [1.82, 2.24) is 4.90 Å². The lowest BCUT2D eigenvalue weighted by Crippen LogP contribution is -2.34. The van der Waals surface area contributed by atoms with Crippen molar-refractivity contribution in [1.29, 1.82) is 0 Å². The fraction of sp³-hybridized carbons (Fsp3) is 0.524. The Labute approximate surface area is 151 Å². The van der Waals surface area contributed by atoms with E-state index in [0.717, 1.165) is 38.8 Å². The van der Waals surface area contributed by atoms with Crippen LogP contribution in [-0.4, -0.2) is 35.7 Å². The van der Waals surface area contributed by atoms with Crippen molar-refractivity contribution in [3.05, 3.63) is 48.0 Å². The highest BCUT2D eigenvalue weighted by Crippen LogP contribution is 2.17. The Morgan fingerprint density at radius 3 is 2.48 bits per heavy atom. The molecule has 1 saturated heterocycles. The van der Waals surface area contributed by atoms with Crippen LogP contribution in [-0.2, 0) is 16.0 Å². The predicted molar refractivity (Wildman–Crippen MR) is 101 cm³/mol. The number of aryl methyl sites for hydroxylation is 1. The summed E-state index contributed by atoms with van der Waals surface area (Å²) in [5.74, 6) is 0.165. The molecule has 2 atom stereocenters. The Morgan fingerprint density at radius 1 is 1.16 bits per heavy atom. The molecule has 1 amide bonds. The fourth-order valence-electron chi connectivity index (χ4n) is 3.15. The molecule has 1 aromatic carbocycles. The highest BCUT2D eigenvalue weighted by atomic mass is 16.2. The molecule has 136 valence electrons. The fourth-order valence-corrected chi connectivity index (χ4v) is 3.15. The summed E-state index contributed by atoms with van der Waals surface area (Å²) in [6.45, 7) is 3.41. The second-order valence-electron chi connectivity index (χ2n) is 6.99. The Morgan fingerprint density at radius 2 is 1.84 bits per heavy atom. The van der Waals surface area contributed by atoms with E-state index in [0.29, 0.717) is 6.42 Å². The van der Waals surface area contributed by atoms with Crippen LogP contribution in [0.4, 0.5) is 0 Å². The van der Waals surface area contributed by atoms with E-state index in [1.807, 2.05) is 29.2 Å². The number of hydrogen-bond acceptors (Lipinski definition) is 3. The predicted octanol–water partition coefficient (Wildman–Crippen LogP) is 3.11. The molecule has 1 aliphatic heterocycles. The van der Waals surface area contributed by atoms with E-state index in [2.05, 4.69) is 12.1 Å². The summed E-state index contributed by atoms with van der Waals surface area (Å²) in [4.78, 5) is 26.3. The molecule has 1 aromatic rings. The third-order valence-electron chi connectivity index (χ3n) is 4.80. The number of likely N-dealkylation sites (tertiary alicyclic amines) is 1. The number of carbonyl (C=O) groups excluding carboxylic acids is 2. The van der Waals surface area contributed by atoms with Gasteiger partial charge in [-0.3, -0.25) is 9.59 Å². The molecule has 1 fully saturated rings. The van der Waals surface area contributed by atoms with Gasteiger partial charge in [0.2, 0.25) is 5.91 Å². The number of carbonyl (C=O) groups is 2. The minimum atomic E-state index is -0.453. The number of Topliss-reactive ketones (excluding diaryl/α,β-unsaturated/α-hetero) is 1. The second-order valence-corrected chi connectivity index (χ2v) is 6.99. The summed E-state index contributed by atoms with van der Waals surface area (Å²) < 4.78 is 0. The number of benzene rings is 1. The molecule has 0 saturated carbocycles. The van der Waals surface area contributed by atoms with Gasteiger partial charge < -0.3 is 10.6 Å². The molecule has 0 unspecified atom stereocenters. The zero-order valence-electron chi connectivity index (χ0n) is 15.2. The van der Waals surface area contributed by atoms with Crippen molar-refractivity contribution in [3.8, 4) is 0 Å². The van der Waals surface area contributed by atoms with Crippen LogP contribution in [0.25, 0.3) is 0 Å². The quantitative estimate of drug-likeness (QED) is 0.738. The molecular weight excluding hydrogens is 312 g/mol. The van der Waals surface area contributed by atoms with E-state index in [1.54, 1.807) is 13.0 Å². The SMILES string of the molecule is C[C@H](N)C(=O)C[C@H](/C=C/C(=O)N1CCCCC1)CCc1ccccc1. The lowest BCUT2D eigenvalue weighted by molar-refractivity contribution is -0.127. The Balaban J connectivity index is 1.95. The van der Waals surface area contributed by atoms with Crippen LogP contribution in [0.15, 0.2) is 42.5 Å². The first-order valence-corrected chi connectivity index (χ1v) is 9.35. The van der Waals surface area contributed by atoms with Crippen molar-refractivity contribution in [2.24, 2.45) is 11.7 Å². The van der Waals surface area contributed by atoms with Crippen LogP contribution in [0.2, 0.25) is 0 Å². The van der Waals surface area contributed by atoms with Gasteiger partial charge in [-0.05, 0) is 56.6 Å². The maximum Gasteiger partial charge on any atom is 0.246 e. The van der Waals surface area contributed by atoms with Gasteiger partial charge in [-0.1, -0.05) is 36.4 Å². The van der Waals surface area contributed by atoms with Gasteiger partial charge in [-0.15, -0.1) is 0 Å². The Hall–Kier alpha value is -1.94. The molecule has 0 radical (unpaired) electrons. The monoisotopic (exact) mass is 342 g/mol. The van der Waals surface area contributed by atoms with E-state index in [9.17, 15) is 9.59 Å². The van der Waals surface area contributed by atoms with Crippen molar-refractivity contribution in [2.75, 3.05) is 13.1 Å². The minimum absolute atomic E-state index is 0.0486. The number of allylic oxidation sites excluding steroid dienone is 1. The highest BCUT2D eigenvalue weighted by Gasteiger charge is 2.17. The smallest absolute Gasteiger partial charge is 0.246 e. The molecule has 0 bridgehead atoms. The maximum atomic E-state index is 12.3. The van der Waals surface area contributed by atoms with Crippen LogP contribution < -0.4 is 5.73 Å². The van der Waals surface area contributed by atoms with Gasteiger partial charge in [0.05, 0.1) is 6.04 Å². The van der Waals surface area contributed by atoms with Gasteiger partial charge in [0.25, 0.3) is 0 Å². The third-order valence-corrected chi connectivity index (χ3v) is 4.80. The van der Waals surface area contributed by atoms with E-state index in [-0.39, 0.29) is 17.6 Å². The molecule has 0 aromatic heterocycles. The van der Waals surface area contributed by atoms with Gasteiger partial charge in [0, 0.05) is 19.5 Å². The molecule has 1 heterocycles. The number of nitrogens with zero attached hydrogens (tertiary/aromatic N) is 1. The van der Waals surface area contributed by atoms with Gasteiger partial charge in [-0.2, -0.15) is 0 Å². The number of ketones is 1. The summed E-state index contributed by atoms with van der Waals surface area (Å²) in [5.41, 5.74) is 6.96. The molecular formula is C21H30N2O2. The second kappa shape index (κ2) is 10.1. The topological polar surface area (TPSA) is 63.4 Å². The Kier molecular flexibility index (Phi) is 7.86. The molecule has 0 aliphatic carbocycles. The number of nitrogens with two attached hydrogens (primary N) is 1. The van der Waals surface area contributed by atoms with Gasteiger partial charge in [-0.25, -0.2) is 0 Å². The number of hydrogen-bond donors (Lipinski definition) is 1. The molecule has 0 spiro atoms. The van der Waals surface area contributed by atoms with Crippen molar-refractivity contribution < 1.29 is 9.59 Å². The third kappa shape index (κ3) is 6.83. The molecule has 25 heavy (non-hydrogen) atoms. The van der Waals surface area contributed by atoms with Gasteiger partial charge >= 0.3 is 0 Å². The number of rotatable bonds is 8. The van der Waals surface area contributed by atoms with Crippen LogP contribution in [0.5, 0.6) is 0 Å². The maximum absolute atomic E-state index is 12.3. The molecule has 2 N–H and O–H groups in total. The van der Waals surface area contributed by atoms with Crippen LogP contribution in [0.1, 0.15) is 44.6 Å². The van der Waals surface area contributed by atoms with Crippen LogP contribution in [0, 0.1) is 5.92 Å². The summed E-state index contributed by atoms with van der Waals surface area (Å²) >= 11 is 0. The standard InChI is InChI=1S/C21H30N2O2/c1-17(22)20(24)16-19(11-10-18-8-4-2-5-9-18)12-13-21(25)23-14-6-3-7-15-23/h2,4-5,8-9,12-13,17,19H,3,6-7,10-11,14-16,22H2,1H3/b13-12+/t17-,19-/m0/s1. The van der Waals surface area contributed by atoms with Crippen molar-refractivity contribution >= 4 is 11.7 Å². The first-order chi connectivity index (χ1) is 12.1. The molecule has 4 heteroatoms. The van der Waals surface area contributed by atoms with Gasteiger partial charge in [0.1, 0.15) is 5.78 Å². The highest BCUT2D eigenvalue weighted by molar-refractivity contribution is 5.88. The van der Waals surface area contributed by atoms with Crippen LogP contribution >= 0.6 is 0 Å². The lowest BCUT2D eigenvalue weighted by Gasteiger charge is -2.25. The molecule has 4 nitrogen and oxygen atoms in total. The lowest BCUT2D eigenvalue weighted by atomic mass is 9.92. The van der Waals surface area contributed by atoms with E-state index in [1.165, 1.54) is 12.0 Å². The summed E-state index contributed by atoms with van der Waals surface area (Å²) in [6, 6.07) is 9.77. The zero-order valence-corrected chi connectivity index (χ0v) is 15.2. The first kappa shape index (κ1) is 19.4. The zero-order chi connectivity index (χ0) is 18.1. The first-order valence-electron chi connectivity index (χ1n) is 9.35.